The molecule has 3 heteroatoms. The topological polar surface area (TPSA) is 25.2 Å². The average molecular weight is 230 g/mol. The monoisotopic (exact) mass is 230 g/mol. The zero-order valence-electron chi connectivity index (χ0n) is 9.74. The lowest BCUT2D eigenvalue weighted by molar-refractivity contribution is 0.777. The normalized spacial score (nSPS) is 22.2. The third-order valence-electron chi connectivity index (χ3n) is 3.20. The Labute approximate surface area is 98.8 Å². The van der Waals surface area contributed by atoms with E-state index in [-0.39, 0.29) is 0 Å². The Balaban J connectivity index is 2.37. The molecule has 16 heavy (non-hydrogen) atoms. The second-order valence-electron chi connectivity index (χ2n) is 4.32. The first-order valence-corrected chi connectivity index (χ1v) is 6.48. The van der Waals surface area contributed by atoms with Crippen molar-refractivity contribution in [2.75, 3.05) is 0 Å². The van der Waals surface area contributed by atoms with E-state index in [1.165, 1.54) is 16.8 Å². The molecule has 0 amide bonds. The third-order valence-corrected chi connectivity index (χ3v) is 4.07. The molecule has 1 aromatic rings. The van der Waals surface area contributed by atoms with Gasteiger partial charge in [-0.05, 0) is 25.8 Å². The Kier molecular flexibility index (Phi) is 2.11. The van der Waals surface area contributed by atoms with Gasteiger partial charge in [-0.1, -0.05) is 30.4 Å². The maximum absolute atomic E-state index is 4.72. The molecule has 0 aromatic carbocycles. The largest absolute Gasteiger partial charge is 0.239 e. The van der Waals surface area contributed by atoms with Crippen LogP contribution >= 0.6 is 11.3 Å². The lowest BCUT2D eigenvalue weighted by Gasteiger charge is -2.18. The highest BCUT2D eigenvalue weighted by atomic mass is 32.1. The molecule has 2 heterocycles. The number of hydrogen-bond acceptors (Lipinski definition) is 3. The Hall–Kier alpha value is -1.22. The summed E-state index contributed by atoms with van der Waals surface area (Å²) in [4.78, 5) is 9.35. The van der Waals surface area contributed by atoms with E-state index < -0.39 is 0 Å². The van der Waals surface area contributed by atoms with Crippen LogP contribution in [0.3, 0.4) is 0 Å². The predicted molar refractivity (Wildman–Crippen MR) is 66.7 cm³/mol. The SMILES string of the molecule is CC[C@@H]1C=CC(C)=C2N=c3sc(C)nc3=C21. The van der Waals surface area contributed by atoms with Crippen molar-refractivity contribution in [3.63, 3.8) is 0 Å². The van der Waals surface area contributed by atoms with Gasteiger partial charge in [-0.15, -0.1) is 0 Å². The smallest absolute Gasteiger partial charge is 0.144 e. The zero-order chi connectivity index (χ0) is 11.3. The van der Waals surface area contributed by atoms with Crippen molar-refractivity contribution in [2.45, 2.75) is 27.2 Å². The Morgan fingerprint density at radius 2 is 2.19 bits per heavy atom. The number of hydrogen-bond donors (Lipinski definition) is 0. The standard InChI is InChI=1S/C13H14N2S/c1-4-9-6-5-7(2)11-10(9)12-13(15-11)16-8(3)14-12/h5-6,9H,4H2,1-3H3/t9-/m1/s1. The molecule has 0 saturated heterocycles. The Bertz CT molecular complexity index is 631. The van der Waals surface area contributed by atoms with Crippen molar-refractivity contribution in [3.05, 3.63) is 38.4 Å². The van der Waals surface area contributed by atoms with Gasteiger partial charge in [-0.25, -0.2) is 9.98 Å². The summed E-state index contributed by atoms with van der Waals surface area (Å²) in [7, 11) is 0. The van der Waals surface area contributed by atoms with Crippen molar-refractivity contribution in [1.82, 2.24) is 4.98 Å². The summed E-state index contributed by atoms with van der Waals surface area (Å²) >= 11 is 1.70. The molecule has 0 spiro atoms. The maximum Gasteiger partial charge on any atom is 0.144 e. The summed E-state index contributed by atoms with van der Waals surface area (Å²) in [6, 6.07) is 0. The molecule has 0 fully saturated rings. The minimum absolute atomic E-state index is 0.491. The van der Waals surface area contributed by atoms with E-state index in [0.29, 0.717) is 5.92 Å². The second kappa shape index (κ2) is 3.39. The van der Waals surface area contributed by atoms with Gasteiger partial charge in [0.15, 0.2) is 0 Å². The molecule has 0 unspecified atom stereocenters. The molecule has 0 bridgehead atoms. The van der Waals surface area contributed by atoms with Gasteiger partial charge in [0, 0.05) is 11.5 Å². The van der Waals surface area contributed by atoms with E-state index in [9.17, 15) is 0 Å². The van der Waals surface area contributed by atoms with Crippen LogP contribution in [0.15, 0.2) is 28.4 Å². The fourth-order valence-electron chi connectivity index (χ4n) is 2.37. The molecule has 1 aliphatic carbocycles. The van der Waals surface area contributed by atoms with Crippen molar-refractivity contribution in [1.29, 1.82) is 0 Å². The molecule has 1 aromatic heterocycles. The van der Waals surface area contributed by atoms with Crippen molar-refractivity contribution in [2.24, 2.45) is 10.9 Å². The quantitative estimate of drug-likeness (QED) is 0.725. The van der Waals surface area contributed by atoms with Crippen molar-refractivity contribution < 1.29 is 0 Å². The van der Waals surface area contributed by atoms with E-state index in [0.717, 1.165) is 21.4 Å². The van der Waals surface area contributed by atoms with Gasteiger partial charge < -0.3 is 0 Å². The summed E-state index contributed by atoms with van der Waals surface area (Å²) in [5.41, 5.74) is 3.78. The number of fused-ring (bicyclic) bond motifs is 2. The first-order chi connectivity index (χ1) is 7.70. The van der Waals surface area contributed by atoms with Crippen LogP contribution in [0.4, 0.5) is 0 Å². The fraction of sp³-hybridized carbons (Fsp3) is 0.385. The van der Waals surface area contributed by atoms with Crippen LogP contribution in [-0.2, 0) is 0 Å². The van der Waals surface area contributed by atoms with Gasteiger partial charge in [0.25, 0.3) is 0 Å². The summed E-state index contributed by atoms with van der Waals surface area (Å²) < 4.78 is 1.10. The van der Waals surface area contributed by atoms with Crippen LogP contribution < -0.4 is 10.0 Å². The molecule has 0 N–H and O–H groups in total. The molecule has 0 radical (unpaired) electrons. The predicted octanol–water partition coefficient (Wildman–Crippen LogP) is 2.11. The third kappa shape index (κ3) is 1.24. The van der Waals surface area contributed by atoms with E-state index in [2.05, 4.69) is 37.9 Å². The minimum atomic E-state index is 0.491. The molecular formula is C13H14N2S. The Morgan fingerprint density at radius 3 is 2.94 bits per heavy atom. The summed E-state index contributed by atoms with van der Waals surface area (Å²) in [6.45, 7) is 6.40. The summed E-state index contributed by atoms with van der Waals surface area (Å²) in [5, 5.41) is 2.25. The highest BCUT2D eigenvalue weighted by molar-refractivity contribution is 7.09. The van der Waals surface area contributed by atoms with Crippen LogP contribution in [0.1, 0.15) is 25.3 Å². The Morgan fingerprint density at radius 1 is 1.38 bits per heavy atom. The lowest BCUT2D eigenvalue weighted by atomic mass is 9.88. The van der Waals surface area contributed by atoms with Crippen LogP contribution in [0.25, 0.3) is 5.57 Å². The molecule has 82 valence electrons. The van der Waals surface area contributed by atoms with Gasteiger partial charge >= 0.3 is 0 Å². The maximum atomic E-state index is 4.72. The van der Waals surface area contributed by atoms with E-state index in [1.54, 1.807) is 11.3 Å². The molecule has 1 atom stereocenters. The number of aromatic nitrogens is 1. The first kappa shape index (κ1) is 9.97. The number of allylic oxidation sites excluding steroid dienone is 4. The second-order valence-corrected chi connectivity index (χ2v) is 5.50. The van der Waals surface area contributed by atoms with Crippen LogP contribution in [-0.4, -0.2) is 4.98 Å². The average Bonchev–Trinajstić information content (AvgIpc) is 2.76. The van der Waals surface area contributed by atoms with Gasteiger partial charge in [0.2, 0.25) is 0 Å². The first-order valence-electron chi connectivity index (χ1n) is 5.66. The number of thiazole rings is 1. The van der Waals surface area contributed by atoms with E-state index >= 15 is 0 Å². The fourth-order valence-corrected chi connectivity index (χ4v) is 3.18. The molecule has 3 rings (SSSR count). The summed E-state index contributed by atoms with van der Waals surface area (Å²) in [5.74, 6) is 0.491. The van der Waals surface area contributed by atoms with Gasteiger partial charge in [0.05, 0.1) is 10.7 Å². The zero-order valence-corrected chi connectivity index (χ0v) is 10.6. The number of aryl methyl sites for hydroxylation is 1. The van der Waals surface area contributed by atoms with Gasteiger partial charge in [-0.3, -0.25) is 0 Å². The van der Waals surface area contributed by atoms with Crippen molar-refractivity contribution >= 4 is 16.9 Å². The van der Waals surface area contributed by atoms with Gasteiger partial charge in [-0.2, -0.15) is 0 Å². The highest BCUT2D eigenvalue weighted by Crippen LogP contribution is 2.33. The van der Waals surface area contributed by atoms with Crippen LogP contribution in [0, 0.1) is 12.8 Å². The number of nitrogens with zero attached hydrogens (tertiary/aromatic N) is 2. The molecule has 2 nitrogen and oxygen atoms in total. The van der Waals surface area contributed by atoms with E-state index in [4.69, 9.17) is 4.99 Å². The van der Waals surface area contributed by atoms with Crippen LogP contribution in [0.2, 0.25) is 0 Å². The molecule has 1 aliphatic heterocycles. The lowest BCUT2D eigenvalue weighted by Crippen LogP contribution is -2.22. The van der Waals surface area contributed by atoms with Crippen molar-refractivity contribution in [3.8, 4) is 0 Å². The summed E-state index contributed by atoms with van der Waals surface area (Å²) in [6.07, 6.45) is 5.60. The highest BCUT2D eigenvalue weighted by Gasteiger charge is 2.25. The van der Waals surface area contributed by atoms with Crippen LogP contribution in [0.5, 0.6) is 0 Å². The molecular weight excluding hydrogens is 216 g/mol. The molecule has 2 aliphatic rings. The number of rotatable bonds is 1. The van der Waals surface area contributed by atoms with Gasteiger partial charge in [0.1, 0.15) is 10.0 Å². The molecule has 0 saturated carbocycles. The minimum Gasteiger partial charge on any atom is -0.239 e. The van der Waals surface area contributed by atoms with E-state index in [1.807, 2.05) is 0 Å².